The summed E-state index contributed by atoms with van der Waals surface area (Å²) < 4.78 is 6.83. The molecule has 1 aromatic rings. The summed E-state index contributed by atoms with van der Waals surface area (Å²) in [5.74, 6) is 0.0502. The lowest BCUT2D eigenvalue weighted by Crippen LogP contribution is -2.51. The van der Waals surface area contributed by atoms with E-state index in [0.29, 0.717) is 6.54 Å². The summed E-state index contributed by atoms with van der Waals surface area (Å²) in [6, 6.07) is 0. The molecule has 0 spiro atoms. The van der Waals surface area contributed by atoms with Crippen LogP contribution in [0.5, 0.6) is 0 Å². The number of nitrogens with zero attached hydrogens (tertiary/aromatic N) is 3. The standard InChI is InChI=1S/C20H36N6O3S2/c1-10-25(7)15(11-21-13-20(5,6)31-30-9)24-17(27)16-22-14(12-26(16)8)23-18(28)29-19(2,3)4/h10,12,15,21H,1,11,13H2,2-9H3,(H,23,28)(H,24,27). The van der Waals surface area contributed by atoms with E-state index in [1.165, 1.54) is 0 Å². The van der Waals surface area contributed by atoms with E-state index >= 15 is 0 Å². The minimum absolute atomic E-state index is 0.0582. The highest BCUT2D eigenvalue weighted by Gasteiger charge is 2.23. The number of likely N-dealkylation sites (N-methyl/N-ethyl adjacent to an activating group) is 1. The molecular formula is C20H36N6O3S2. The van der Waals surface area contributed by atoms with Crippen LogP contribution < -0.4 is 16.0 Å². The number of carbonyl (C=O) groups excluding carboxylic acids is 2. The van der Waals surface area contributed by atoms with Crippen LogP contribution >= 0.6 is 21.6 Å². The number of hydrogen-bond acceptors (Lipinski definition) is 8. The normalized spacial score (nSPS) is 12.8. The summed E-state index contributed by atoms with van der Waals surface area (Å²) in [7, 11) is 7.06. The third kappa shape index (κ3) is 9.88. The lowest BCUT2D eigenvalue weighted by molar-refractivity contribution is 0.0634. The maximum atomic E-state index is 12.9. The Kier molecular flexibility index (Phi) is 10.2. The number of rotatable bonds is 11. The molecule has 0 aromatic carbocycles. The largest absolute Gasteiger partial charge is 0.444 e. The summed E-state index contributed by atoms with van der Waals surface area (Å²) in [5, 5.41) is 8.92. The minimum Gasteiger partial charge on any atom is -0.444 e. The Morgan fingerprint density at radius 2 is 2.00 bits per heavy atom. The third-order valence-corrected chi connectivity index (χ3v) is 6.60. The molecule has 1 rings (SSSR count). The van der Waals surface area contributed by atoms with Crippen LogP contribution in [0.4, 0.5) is 10.6 Å². The van der Waals surface area contributed by atoms with Crippen molar-refractivity contribution in [2.45, 2.75) is 51.1 Å². The molecule has 0 radical (unpaired) electrons. The topological polar surface area (TPSA) is 101 Å². The van der Waals surface area contributed by atoms with Gasteiger partial charge in [0, 0.05) is 38.1 Å². The highest BCUT2D eigenvalue weighted by atomic mass is 33.1. The van der Waals surface area contributed by atoms with E-state index in [9.17, 15) is 9.59 Å². The second kappa shape index (κ2) is 11.7. The molecule has 0 saturated carbocycles. The van der Waals surface area contributed by atoms with Crippen molar-refractivity contribution >= 4 is 39.4 Å². The fourth-order valence-electron chi connectivity index (χ4n) is 2.55. The molecule has 0 fully saturated rings. The van der Waals surface area contributed by atoms with Crippen molar-refractivity contribution in [3.63, 3.8) is 0 Å². The molecule has 0 aliphatic heterocycles. The summed E-state index contributed by atoms with van der Waals surface area (Å²) in [6.45, 7) is 14.7. The molecule has 176 valence electrons. The van der Waals surface area contributed by atoms with Crippen molar-refractivity contribution in [1.82, 2.24) is 25.1 Å². The van der Waals surface area contributed by atoms with Gasteiger partial charge in [0.15, 0.2) is 5.82 Å². The Morgan fingerprint density at radius 3 is 2.55 bits per heavy atom. The number of imidazole rings is 1. The van der Waals surface area contributed by atoms with E-state index in [1.807, 2.05) is 11.9 Å². The van der Waals surface area contributed by atoms with Gasteiger partial charge in [-0.3, -0.25) is 10.1 Å². The Balaban J connectivity index is 2.79. The molecule has 31 heavy (non-hydrogen) atoms. The molecule has 1 heterocycles. The maximum Gasteiger partial charge on any atom is 0.413 e. The summed E-state index contributed by atoms with van der Waals surface area (Å²) in [4.78, 5) is 30.9. The Morgan fingerprint density at radius 1 is 1.35 bits per heavy atom. The highest BCUT2D eigenvalue weighted by molar-refractivity contribution is 8.76. The number of ether oxygens (including phenoxy) is 1. The number of aryl methyl sites for hydroxylation is 1. The van der Waals surface area contributed by atoms with E-state index in [1.54, 1.807) is 66.4 Å². The fourth-order valence-corrected chi connectivity index (χ4v) is 4.69. The lowest BCUT2D eigenvalue weighted by Gasteiger charge is -2.30. The van der Waals surface area contributed by atoms with Gasteiger partial charge in [-0.05, 0) is 47.1 Å². The second-order valence-corrected chi connectivity index (χ2v) is 11.8. The van der Waals surface area contributed by atoms with Crippen molar-refractivity contribution in [2.75, 3.05) is 31.7 Å². The molecule has 0 saturated heterocycles. The number of carbonyl (C=O) groups is 2. The smallest absolute Gasteiger partial charge is 0.413 e. The fraction of sp³-hybridized carbons (Fsp3) is 0.650. The van der Waals surface area contributed by atoms with Crippen LogP contribution in [0.2, 0.25) is 0 Å². The number of nitrogens with one attached hydrogen (secondary N) is 3. The van der Waals surface area contributed by atoms with Gasteiger partial charge in [-0.15, -0.1) is 0 Å². The molecule has 1 aromatic heterocycles. The van der Waals surface area contributed by atoms with Crippen molar-refractivity contribution in [3.05, 3.63) is 24.8 Å². The summed E-state index contributed by atoms with van der Waals surface area (Å²) >= 11 is 0. The minimum atomic E-state index is -0.628. The zero-order chi connectivity index (χ0) is 23.8. The molecule has 0 aliphatic rings. The van der Waals surface area contributed by atoms with E-state index in [0.717, 1.165) is 6.54 Å². The van der Waals surface area contributed by atoms with Gasteiger partial charge >= 0.3 is 6.09 Å². The molecule has 11 heteroatoms. The first kappa shape index (κ1) is 27.2. The Labute approximate surface area is 193 Å². The zero-order valence-electron chi connectivity index (χ0n) is 19.7. The number of amides is 2. The van der Waals surface area contributed by atoms with Gasteiger partial charge in [0.1, 0.15) is 11.8 Å². The maximum absolute atomic E-state index is 12.9. The summed E-state index contributed by atoms with van der Waals surface area (Å²) in [6.07, 6.45) is 4.32. The SMILES string of the molecule is C=CN(C)C(CNCC(C)(C)SSC)NC(=O)c1nc(NC(=O)OC(C)(C)C)cn1C. The quantitative estimate of drug-likeness (QED) is 0.333. The predicted molar refractivity (Wildman–Crippen MR) is 130 cm³/mol. The van der Waals surface area contributed by atoms with Crippen molar-refractivity contribution < 1.29 is 14.3 Å². The predicted octanol–water partition coefficient (Wildman–Crippen LogP) is 3.28. The molecule has 0 bridgehead atoms. The van der Waals surface area contributed by atoms with Gasteiger partial charge in [-0.2, -0.15) is 0 Å². The van der Waals surface area contributed by atoms with Gasteiger partial charge in [0.05, 0.1) is 0 Å². The van der Waals surface area contributed by atoms with Gasteiger partial charge in [-0.25, -0.2) is 9.78 Å². The number of aromatic nitrogens is 2. The third-order valence-electron chi connectivity index (χ3n) is 3.98. The second-order valence-electron chi connectivity index (χ2n) is 8.67. The van der Waals surface area contributed by atoms with Gasteiger partial charge < -0.3 is 24.8 Å². The average Bonchev–Trinajstić information content (AvgIpc) is 2.98. The van der Waals surface area contributed by atoms with Gasteiger partial charge in [-0.1, -0.05) is 28.2 Å². The first-order valence-electron chi connectivity index (χ1n) is 9.89. The Bertz CT molecular complexity index is 761. The van der Waals surface area contributed by atoms with Gasteiger partial charge in [0.25, 0.3) is 5.91 Å². The van der Waals surface area contributed by atoms with Gasteiger partial charge in [0.2, 0.25) is 5.82 Å². The molecule has 1 atom stereocenters. The van der Waals surface area contributed by atoms with Crippen LogP contribution in [0, 0.1) is 0 Å². The first-order chi connectivity index (χ1) is 14.3. The van der Waals surface area contributed by atoms with E-state index in [-0.39, 0.29) is 28.5 Å². The molecule has 1 unspecified atom stereocenters. The average molecular weight is 473 g/mol. The lowest BCUT2D eigenvalue weighted by atomic mass is 10.2. The summed E-state index contributed by atoms with van der Waals surface area (Å²) in [5.41, 5.74) is -0.628. The number of hydrogen-bond donors (Lipinski definition) is 3. The molecular weight excluding hydrogens is 436 g/mol. The monoisotopic (exact) mass is 472 g/mol. The molecule has 0 aliphatic carbocycles. The van der Waals surface area contributed by atoms with Crippen molar-refractivity contribution in [2.24, 2.45) is 7.05 Å². The molecule has 2 amide bonds. The first-order valence-corrected chi connectivity index (χ1v) is 12.4. The van der Waals surface area contributed by atoms with Crippen LogP contribution in [0.1, 0.15) is 45.2 Å². The van der Waals surface area contributed by atoms with Crippen LogP contribution in [0.3, 0.4) is 0 Å². The van der Waals surface area contributed by atoms with Crippen LogP contribution in [-0.4, -0.2) is 69.4 Å². The van der Waals surface area contributed by atoms with Crippen LogP contribution in [-0.2, 0) is 11.8 Å². The van der Waals surface area contributed by atoms with E-state index < -0.39 is 11.7 Å². The van der Waals surface area contributed by atoms with Crippen molar-refractivity contribution in [3.8, 4) is 0 Å². The molecule has 3 N–H and O–H groups in total. The van der Waals surface area contributed by atoms with Crippen LogP contribution in [0.15, 0.2) is 19.0 Å². The van der Waals surface area contributed by atoms with E-state index in [2.05, 4.69) is 47.6 Å². The van der Waals surface area contributed by atoms with Crippen molar-refractivity contribution in [1.29, 1.82) is 0 Å². The zero-order valence-corrected chi connectivity index (χ0v) is 21.4. The van der Waals surface area contributed by atoms with Crippen LogP contribution in [0.25, 0.3) is 0 Å². The number of anilines is 1. The molecule has 9 nitrogen and oxygen atoms in total. The Hall–Kier alpha value is -1.85. The van der Waals surface area contributed by atoms with E-state index in [4.69, 9.17) is 4.74 Å². The highest BCUT2D eigenvalue weighted by Crippen LogP contribution is 2.32.